The molecule has 182 valence electrons. The van der Waals surface area contributed by atoms with Crippen LogP contribution >= 0.6 is 28.1 Å². The second-order valence-corrected chi connectivity index (χ2v) is 9.27. The molecule has 0 aliphatic heterocycles. The number of ether oxygens (including phenoxy) is 2. The van der Waals surface area contributed by atoms with Crippen LogP contribution in [0.25, 0.3) is 0 Å². The predicted octanol–water partition coefficient (Wildman–Crippen LogP) is 5.01. The van der Waals surface area contributed by atoms with Crippen molar-refractivity contribution in [2.75, 3.05) is 6.61 Å². The van der Waals surface area contributed by atoms with E-state index in [-0.39, 0.29) is 5.11 Å². The van der Waals surface area contributed by atoms with Crippen LogP contribution in [0, 0.1) is 5.92 Å². The predicted molar refractivity (Wildman–Crippen MR) is 142 cm³/mol. The smallest absolute Gasteiger partial charge is 0.269 e. The van der Waals surface area contributed by atoms with Crippen LogP contribution in [0.3, 0.4) is 0 Å². The average molecular weight is 556 g/mol. The van der Waals surface area contributed by atoms with Crippen molar-refractivity contribution in [3.63, 3.8) is 0 Å². The van der Waals surface area contributed by atoms with E-state index in [1.54, 1.807) is 42.5 Å². The van der Waals surface area contributed by atoms with E-state index < -0.39 is 11.8 Å². The third-order valence-electron chi connectivity index (χ3n) is 4.65. The first-order valence-corrected chi connectivity index (χ1v) is 12.1. The highest BCUT2D eigenvalue weighted by Gasteiger charge is 2.12. The molecule has 0 heterocycles. The number of hydrogen-bond donors (Lipinski definition) is 3. The van der Waals surface area contributed by atoms with Crippen molar-refractivity contribution in [2.24, 2.45) is 5.92 Å². The average Bonchev–Trinajstić information content (AvgIpc) is 2.86. The summed E-state index contributed by atoms with van der Waals surface area (Å²) in [5.41, 5.74) is 6.84. The van der Waals surface area contributed by atoms with Gasteiger partial charge in [0.1, 0.15) is 18.1 Å². The maximum atomic E-state index is 12.5. The Morgan fingerprint density at radius 1 is 0.886 bits per heavy atom. The summed E-state index contributed by atoms with van der Waals surface area (Å²) >= 11 is 8.53. The van der Waals surface area contributed by atoms with Crippen molar-refractivity contribution in [1.29, 1.82) is 0 Å². The van der Waals surface area contributed by atoms with E-state index >= 15 is 0 Å². The first-order chi connectivity index (χ1) is 16.8. The number of rotatable bonds is 8. The van der Waals surface area contributed by atoms with Gasteiger partial charge < -0.3 is 9.47 Å². The number of benzene rings is 3. The van der Waals surface area contributed by atoms with Crippen LogP contribution in [0.15, 0.2) is 77.3 Å². The Labute approximate surface area is 218 Å². The van der Waals surface area contributed by atoms with E-state index in [1.807, 2.05) is 30.3 Å². The summed E-state index contributed by atoms with van der Waals surface area (Å²) in [5, 5.41) is 2.49. The number of carbonyl (C=O) groups excluding carboxylic acids is 2. The van der Waals surface area contributed by atoms with Crippen LogP contribution in [-0.2, 0) is 6.61 Å². The van der Waals surface area contributed by atoms with Gasteiger partial charge in [0, 0.05) is 11.1 Å². The van der Waals surface area contributed by atoms with Crippen molar-refractivity contribution >= 4 is 45.1 Å². The highest BCUT2D eigenvalue weighted by molar-refractivity contribution is 9.10. The molecule has 0 atom stereocenters. The van der Waals surface area contributed by atoms with Gasteiger partial charge in [-0.15, -0.1) is 0 Å². The third-order valence-corrected chi connectivity index (χ3v) is 5.47. The van der Waals surface area contributed by atoms with Crippen molar-refractivity contribution in [3.8, 4) is 11.5 Å². The molecular formula is C26H26BrN3O4S. The van der Waals surface area contributed by atoms with E-state index in [1.165, 1.54) is 0 Å². The molecule has 0 aliphatic rings. The lowest BCUT2D eigenvalue weighted by Crippen LogP contribution is -2.48. The van der Waals surface area contributed by atoms with Gasteiger partial charge in [-0.2, -0.15) is 0 Å². The molecule has 0 saturated heterocycles. The first kappa shape index (κ1) is 26.2. The SMILES string of the molecule is CC(C)COc1ccc(C(=O)NC(=S)NNC(=O)c2ccc(OCc3ccccc3)cc2)cc1Br. The lowest BCUT2D eigenvalue weighted by molar-refractivity contribution is 0.0934. The fourth-order valence-electron chi connectivity index (χ4n) is 2.85. The Balaban J connectivity index is 1.45. The summed E-state index contributed by atoms with van der Waals surface area (Å²) in [6, 6.07) is 21.5. The molecule has 35 heavy (non-hydrogen) atoms. The second-order valence-electron chi connectivity index (χ2n) is 8.01. The quantitative estimate of drug-likeness (QED) is 0.267. The van der Waals surface area contributed by atoms with Gasteiger partial charge in [0.05, 0.1) is 11.1 Å². The summed E-state index contributed by atoms with van der Waals surface area (Å²) in [4.78, 5) is 24.9. The fraction of sp³-hybridized carbons (Fsp3) is 0.192. The Bertz CT molecular complexity index is 1170. The normalized spacial score (nSPS) is 10.4. The molecule has 0 unspecified atom stereocenters. The minimum absolute atomic E-state index is 0.0394. The topological polar surface area (TPSA) is 88.7 Å². The molecule has 2 amide bonds. The molecule has 3 aromatic rings. The summed E-state index contributed by atoms with van der Waals surface area (Å²) in [7, 11) is 0. The van der Waals surface area contributed by atoms with Crippen molar-refractivity contribution in [2.45, 2.75) is 20.5 Å². The van der Waals surface area contributed by atoms with Crippen LogP contribution < -0.4 is 25.6 Å². The van der Waals surface area contributed by atoms with Crippen LogP contribution in [0.2, 0.25) is 0 Å². The molecule has 0 aromatic heterocycles. The van der Waals surface area contributed by atoms with Crippen LogP contribution in [-0.4, -0.2) is 23.5 Å². The van der Waals surface area contributed by atoms with Gasteiger partial charge in [0.2, 0.25) is 0 Å². The maximum Gasteiger partial charge on any atom is 0.269 e. The van der Waals surface area contributed by atoms with Gasteiger partial charge in [-0.05, 0) is 82.1 Å². The Hall–Kier alpha value is -3.43. The molecule has 3 rings (SSSR count). The molecule has 0 spiro atoms. The van der Waals surface area contributed by atoms with E-state index in [2.05, 4.69) is 45.9 Å². The molecule has 3 N–H and O–H groups in total. The minimum atomic E-state index is -0.423. The maximum absolute atomic E-state index is 12.5. The van der Waals surface area contributed by atoms with E-state index in [9.17, 15) is 9.59 Å². The lowest BCUT2D eigenvalue weighted by Gasteiger charge is -2.13. The number of hydrazine groups is 1. The first-order valence-electron chi connectivity index (χ1n) is 10.9. The Kier molecular flexibility index (Phi) is 9.63. The molecule has 0 bridgehead atoms. The Morgan fingerprint density at radius 2 is 1.57 bits per heavy atom. The van der Waals surface area contributed by atoms with Crippen LogP contribution in [0.1, 0.15) is 40.1 Å². The zero-order chi connectivity index (χ0) is 25.2. The molecule has 9 heteroatoms. The number of amides is 2. The van der Waals surface area contributed by atoms with Gasteiger partial charge >= 0.3 is 0 Å². The largest absolute Gasteiger partial charge is 0.492 e. The number of thiocarbonyl (C=S) groups is 1. The van der Waals surface area contributed by atoms with Gasteiger partial charge in [0.15, 0.2) is 5.11 Å². The number of hydrogen-bond acceptors (Lipinski definition) is 5. The summed E-state index contributed by atoms with van der Waals surface area (Å²) in [5.74, 6) is 0.848. The van der Waals surface area contributed by atoms with Gasteiger partial charge in [0.25, 0.3) is 11.8 Å². The lowest BCUT2D eigenvalue weighted by atomic mass is 10.2. The third kappa shape index (κ3) is 8.38. The molecule has 0 fully saturated rings. The van der Waals surface area contributed by atoms with Crippen LogP contribution in [0.4, 0.5) is 0 Å². The highest BCUT2D eigenvalue weighted by atomic mass is 79.9. The molecule has 7 nitrogen and oxygen atoms in total. The van der Waals surface area contributed by atoms with Gasteiger partial charge in [-0.25, -0.2) is 0 Å². The molecule has 0 aliphatic carbocycles. The second kappa shape index (κ2) is 12.9. The van der Waals surface area contributed by atoms with Crippen molar-refractivity contribution < 1.29 is 19.1 Å². The zero-order valence-electron chi connectivity index (χ0n) is 19.3. The molecule has 3 aromatic carbocycles. The number of nitrogens with one attached hydrogen (secondary N) is 3. The van der Waals surface area contributed by atoms with Gasteiger partial charge in [-0.3, -0.25) is 25.8 Å². The summed E-state index contributed by atoms with van der Waals surface area (Å²) < 4.78 is 12.1. The molecular weight excluding hydrogens is 530 g/mol. The van der Waals surface area contributed by atoms with Crippen molar-refractivity contribution in [3.05, 3.63) is 94.0 Å². The van der Waals surface area contributed by atoms with E-state index in [0.29, 0.717) is 46.2 Å². The van der Waals surface area contributed by atoms with Crippen LogP contribution in [0.5, 0.6) is 11.5 Å². The molecule has 0 radical (unpaired) electrons. The molecule has 0 saturated carbocycles. The highest BCUT2D eigenvalue weighted by Crippen LogP contribution is 2.26. The monoisotopic (exact) mass is 555 g/mol. The van der Waals surface area contributed by atoms with Crippen molar-refractivity contribution in [1.82, 2.24) is 16.2 Å². The van der Waals surface area contributed by atoms with Gasteiger partial charge in [-0.1, -0.05) is 44.2 Å². The fourth-order valence-corrected chi connectivity index (χ4v) is 3.49. The number of carbonyl (C=O) groups is 2. The standard InChI is InChI=1S/C26H26BrN3O4S/c1-17(2)15-34-23-13-10-20(14-22(23)27)24(31)28-26(35)30-29-25(32)19-8-11-21(12-9-19)33-16-18-6-4-3-5-7-18/h3-14,17H,15-16H2,1-2H3,(H,29,32)(H2,28,30,31,35). The summed E-state index contributed by atoms with van der Waals surface area (Å²) in [6.45, 7) is 5.12. The van der Waals surface area contributed by atoms with E-state index in [0.717, 1.165) is 5.56 Å². The summed E-state index contributed by atoms with van der Waals surface area (Å²) in [6.07, 6.45) is 0. The van der Waals surface area contributed by atoms with E-state index in [4.69, 9.17) is 21.7 Å². The zero-order valence-corrected chi connectivity index (χ0v) is 21.7. The number of halogens is 1. The Morgan fingerprint density at radius 3 is 2.23 bits per heavy atom. The minimum Gasteiger partial charge on any atom is -0.492 e.